The summed E-state index contributed by atoms with van der Waals surface area (Å²) in [6.45, 7) is 5.36. The van der Waals surface area contributed by atoms with Crippen LogP contribution in [0.4, 0.5) is 0 Å². The smallest absolute Gasteiger partial charge is 0.122 e. The standard InChI is InChI=1S/C15H26N2O/c1-11(2)13-10-12(7-8-15(13)18-4)14(16)6-5-9-17-3/h7-8,10-11,14,17H,5-6,9,16H2,1-4H3. The summed E-state index contributed by atoms with van der Waals surface area (Å²) < 4.78 is 5.39. The summed E-state index contributed by atoms with van der Waals surface area (Å²) in [5.41, 5.74) is 8.67. The molecule has 0 aliphatic carbocycles. The van der Waals surface area contributed by atoms with E-state index < -0.39 is 0 Å². The Bertz CT molecular complexity index is 364. The Morgan fingerprint density at radius 3 is 2.61 bits per heavy atom. The topological polar surface area (TPSA) is 47.3 Å². The zero-order valence-electron chi connectivity index (χ0n) is 12.0. The summed E-state index contributed by atoms with van der Waals surface area (Å²) in [5, 5.41) is 3.15. The lowest BCUT2D eigenvalue weighted by atomic mass is 9.95. The molecule has 3 nitrogen and oxygen atoms in total. The van der Waals surface area contributed by atoms with Gasteiger partial charge in [0.1, 0.15) is 5.75 Å². The molecule has 3 N–H and O–H groups in total. The van der Waals surface area contributed by atoms with Gasteiger partial charge in [-0.05, 0) is 49.5 Å². The number of nitrogens with two attached hydrogens (primary N) is 1. The molecule has 1 atom stereocenters. The molecule has 0 bridgehead atoms. The van der Waals surface area contributed by atoms with Crippen LogP contribution in [0.1, 0.15) is 49.8 Å². The first-order valence-corrected chi connectivity index (χ1v) is 6.68. The number of ether oxygens (including phenoxy) is 1. The fourth-order valence-corrected chi connectivity index (χ4v) is 2.10. The molecular weight excluding hydrogens is 224 g/mol. The average molecular weight is 250 g/mol. The Hall–Kier alpha value is -1.06. The maximum absolute atomic E-state index is 6.23. The third-order valence-corrected chi connectivity index (χ3v) is 3.25. The van der Waals surface area contributed by atoms with E-state index in [9.17, 15) is 0 Å². The van der Waals surface area contributed by atoms with Crippen LogP contribution in [0, 0.1) is 0 Å². The van der Waals surface area contributed by atoms with E-state index in [4.69, 9.17) is 10.5 Å². The van der Waals surface area contributed by atoms with Crippen molar-refractivity contribution in [2.75, 3.05) is 20.7 Å². The fourth-order valence-electron chi connectivity index (χ4n) is 2.10. The first kappa shape index (κ1) is 15.0. The van der Waals surface area contributed by atoms with Crippen LogP contribution in [0.25, 0.3) is 0 Å². The predicted molar refractivity (Wildman–Crippen MR) is 77.2 cm³/mol. The second-order valence-corrected chi connectivity index (χ2v) is 5.01. The molecule has 1 rings (SSSR count). The van der Waals surface area contributed by atoms with Crippen LogP contribution in [-0.2, 0) is 0 Å². The van der Waals surface area contributed by atoms with Crippen LogP contribution in [0.5, 0.6) is 5.75 Å². The monoisotopic (exact) mass is 250 g/mol. The van der Waals surface area contributed by atoms with E-state index in [1.807, 2.05) is 13.1 Å². The van der Waals surface area contributed by atoms with Gasteiger partial charge in [-0.25, -0.2) is 0 Å². The summed E-state index contributed by atoms with van der Waals surface area (Å²) in [6, 6.07) is 6.41. The molecule has 0 heterocycles. The minimum absolute atomic E-state index is 0.113. The van der Waals surface area contributed by atoms with E-state index in [1.165, 1.54) is 11.1 Å². The second kappa shape index (κ2) is 7.39. The molecule has 0 fully saturated rings. The Kier molecular flexibility index (Phi) is 6.16. The lowest BCUT2D eigenvalue weighted by Crippen LogP contribution is -2.15. The lowest BCUT2D eigenvalue weighted by molar-refractivity contribution is 0.407. The van der Waals surface area contributed by atoms with E-state index in [-0.39, 0.29) is 6.04 Å². The maximum Gasteiger partial charge on any atom is 0.122 e. The van der Waals surface area contributed by atoms with Crippen molar-refractivity contribution in [3.8, 4) is 5.75 Å². The first-order valence-electron chi connectivity index (χ1n) is 6.68. The van der Waals surface area contributed by atoms with Gasteiger partial charge in [0.25, 0.3) is 0 Å². The van der Waals surface area contributed by atoms with E-state index in [0.717, 1.165) is 25.1 Å². The normalized spacial score (nSPS) is 12.8. The minimum Gasteiger partial charge on any atom is -0.496 e. The van der Waals surface area contributed by atoms with Gasteiger partial charge in [-0.1, -0.05) is 26.0 Å². The van der Waals surface area contributed by atoms with Gasteiger partial charge >= 0.3 is 0 Å². The summed E-state index contributed by atoms with van der Waals surface area (Å²) in [5.74, 6) is 1.40. The number of hydrogen-bond donors (Lipinski definition) is 2. The molecule has 0 spiro atoms. The third-order valence-electron chi connectivity index (χ3n) is 3.25. The van der Waals surface area contributed by atoms with Crippen LogP contribution in [0.3, 0.4) is 0 Å². The minimum atomic E-state index is 0.113. The van der Waals surface area contributed by atoms with Gasteiger partial charge in [0.15, 0.2) is 0 Å². The Morgan fingerprint density at radius 1 is 1.33 bits per heavy atom. The molecule has 1 aromatic carbocycles. The van der Waals surface area contributed by atoms with Crippen molar-refractivity contribution in [3.63, 3.8) is 0 Å². The van der Waals surface area contributed by atoms with E-state index in [1.54, 1.807) is 7.11 Å². The highest BCUT2D eigenvalue weighted by Gasteiger charge is 2.12. The lowest BCUT2D eigenvalue weighted by Gasteiger charge is -2.17. The van der Waals surface area contributed by atoms with Crippen molar-refractivity contribution in [1.29, 1.82) is 0 Å². The average Bonchev–Trinajstić information content (AvgIpc) is 2.38. The van der Waals surface area contributed by atoms with Crippen molar-refractivity contribution in [1.82, 2.24) is 5.32 Å². The molecule has 0 saturated carbocycles. The Balaban J connectivity index is 2.80. The third kappa shape index (κ3) is 4.00. The molecule has 18 heavy (non-hydrogen) atoms. The molecule has 1 unspecified atom stereocenters. The summed E-state index contributed by atoms with van der Waals surface area (Å²) in [4.78, 5) is 0. The van der Waals surface area contributed by atoms with E-state index in [0.29, 0.717) is 5.92 Å². The van der Waals surface area contributed by atoms with Crippen molar-refractivity contribution < 1.29 is 4.74 Å². The van der Waals surface area contributed by atoms with Gasteiger partial charge in [-0.2, -0.15) is 0 Å². The molecule has 0 aromatic heterocycles. The molecule has 0 amide bonds. The summed E-state index contributed by atoms with van der Waals surface area (Å²) in [6.07, 6.45) is 2.10. The fraction of sp³-hybridized carbons (Fsp3) is 0.600. The number of rotatable bonds is 7. The molecule has 1 aromatic rings. The first-order chi connectivity index (χ1) is 8.60. The second-order valence-electron chi connectivity index (χ2n) is 5.01. The van der Waals surface area contributed by atoms with E-state index >= 15 is 0 Å². The Morgan fingerprint density at radius 2 is 2.06 bits per heavy atom. The molecule has 0 saturated heterocycles. The van der Waals surface area contributed by atoms with Gasteiger partial charge in [-0.15, -0.1) is 0 Å². The van der Waals surface area contributed by atoms with Gasteiger partial charge in [0, 0.05) is 6.04 Å². The molecule has 102 valence electrons. The summed E-state index contributed by atoms with van der Waals surface area (Å²) in [7, 11) is 3.68. The Labute approximate surface area is 111 Å². The van der Waals surface area contributed by atoms with Crippen molar-refractivity contribution in [2.24, 2.45) is 5.73 Å². The zero-order valence-corrected chi connectivity index (χ0v) is 12.0. The van der Waals surface area contributed by atoms with Gasteiger partial charge < -0.3 is 15.8 Å². The van der Waals surface area contributed by atoms with Crippen molar-refractivity contribution >= 4 is 0 Å². The highest BCUT2D eigenvalue weighted by Crippen LogP contribution is 2.29. The number of methoxy groups -OCH3 is 1. The molecule has 3 heteroatoms. The van der Waals surface area contributed by atoms with Crippen LogP contribution in [0.15, 0.2) is 18.2 Å². The zero-order chi connectivity index (χ0) is 13.5. The number of hydrogen-bond acceptors (Lipinski definition) is 3. The van der Waals surface area contributed by atoms with Crippen molar-refractivity contribution in [3.05, 3.63) is 29.3 Å². The molecule has 0 aliphatic rings. The molecule has 0 aliphatic heterocycles. The van der Waals surface area contributed by atoms with Crippen LogP contribution < -0.4 is 15.8 Å². The SMILES string of the molecule is CNCCCC(N)c1ccc(OC)c(C(C)C)c1. The maximum atomic E-state index is 6.23. The van der Waals surface area contributed by atoms with Gasteiger partial charge in [0.2, 0.25) is 0 Å². The number of benzene rings is 1. The van der Waals surface area contributed by atoms with Gasteiger partial charge in [0.05, 0.1) is 7.11 Å². The predicted octanol–water partition coefficient (Wildman–Crippen LogP) is 2.82. The largest absolute Gasteiger partial charge is 0.496 e. The number of nitrogens with one attached hydrogen (secondary N) is 1. The van der Waals surface area contributed by atoms with Crippen molar-refractivity contribution in [2.45, 2.75) is 38.6 Å². The molecular formula is C15H26N2O. The summed E-state index contributed by atoms with van der Waals surface area (Å²) >= 11 is 0. The van der Waals surface area contributed by atoms with E-state index in [2.05, 4.69) is 31.3 Å². The molecule has 0 radical (unpaired) electrons. The van der Waals surface area contributed by atoms with Crippen LogP contribution >= 0.6 is 0 Å². The highest BCUT2D eigenvalue weighted by atomic mass is 16.5. The van der Waals surface area contributed by atoms with Crippen LogP contribution in [-0.4, -0.2) is 20.7 Å². The highest BCUT2D eigenvalue weighted by molar-refractivity contribution is 5.40. The quantitative estimate of drug-likeness (QED) is 0.732. The van der Waals surface area contributed by atoms with Gasteiger partial charge in [-0.3, -0.25) is 0 Å². The van der Waals surface area contributed by atoms with Crippen LogP contribution in [0.2, 0.25) is 0 Å².